The van der Waals surface area contributed by atoms with E-state index in [0.29, 0.717) is 12.0 Å². The topological polar surface area (TPSA) is 32.3 Å². The second kappa shape index (κ2) is 7.29. The van der Waals surface area contributed by atoms with Crippen LogP contribution in [0.5, 0.6) is 0 Å². The van der Waals surface area contributed by atoms with Gasteiger partial charge in [-0.25, -0.2) is 0 Å². The molecule has 0 amide bonds. The van der Waals surface area contributed by atoms with E-state index in [2.05, 4.69) is 26.1 Å². The van der Waals surface area contributed by atoms with Gasteiger partial charge in [0.05, 0.1) is 6.10 Å². The van der Waals surface area contributed by atoms with E-state index in [4.69, 9.17) is 0 Å². The predicted molar refractivity (Wildman–Crippen MR) is 69.5 cm³/mol. The van der Waals surface area contributed by atoms with Crippen molar-refractivity contribution < 1.29 is 5.11 Å². The Hall–Kier alpha value is -0.0800. The molecule has 2 unspecified atom stereocenters. The van der Waals surface area contributed by atoms with Crippen LogP contribution in [0.2, 0.25) is 0 Å². The van der Waals surface area contributed by atoms with E-state index >= 15 is 0 Å². The zero-order chi connectivity index (χ0) is 12.0. The lowest BCUT2D eigenvalue weighted by Gasteiger charge is -2.31. The molecule has 0 spiro atoms. The molecule has 0 aliphatic heterocycles. The van der Waals surface area contributed by atoms with Crippen LogP contribution < -0.4 is 5.32 Å². The molecule has 1 fully saturated rings. The van der Waals surface area contributed by atoms with Gasteiger partial charge in [0.15, 0.2) is 0 Å². The largest absolute Gasteiger partial charge is 0.392 e. The quantitative estimate of drug-likeness (QED) is 0.731. The molecule has 0 aromatic heterocycles. The molecular weight excluding hydrogens is 198 g/mol. The van der Waals surface area contributed by atoms with Gasteiger partial charge < -0.3 is 10.4 Å². The lowest BCUT2D eigenvalue weighted by molar-refractivity contribution is 0.113. The van der Waals surface area contributed by atoms with Crippen molar-refractivity contribution in [3.63, 3.8) is 0 Å². The van der Waals surface area contributed by atoms with E-state index < -0.39 is 0 Å². The Labute approximate surface area is 101 Å². The third kappa shape index (κ3) is 4.42. The number of nitrogens with one attached hydrogen (secondary N) is 1. The van der Waals surface area contributed by atoms with Crippen LogP contribution in [0.3, 0.4) is 0 Å². The van der Waals surface area contributed by atoms with Crippen molar-refractivity contribution in [3.05, 3.63) is 0 Å². The van der Waals surface area contributed by atoms with Gasteiger partial charge in [0.1, 0.15) is 0 Å². The zero-order valence-electron chi connectivity index (χ0n) is 11.2. The summed E-state index contributed by atoms with van der Waals surface area (Å²) in [6.07, 6.45) is 7.96. The standard InChI is InChI=1S/C14H29NO/c1-4-13(12-8-6-5-7-9-12)15-10-14(16)11(2)3/h11-16H,4-10H2,1-3H3. The van der Waals surface area contributed by atoms with E-state index in [-0.39, 0.29) is 6.10 Å². The second-order valence-corrected chi connectivity index (χ2v) is 5.63. The molecule has 1 aliphatic rings. The normalized spacial score (nSPS) is 22.3. The van der Waals surface area contributed by atoms with Crippen LogP contribution in [0, 0.1) is 11.8 Å². The van der Waals surface area contributed by atoms with Crippen LogP contribution in [0.25, 0.3) is 0 Å². The van der Waals surface area contributed by atoms with Crippen LogP contribution in [-0.2, 0) is 0 Å². The average Bonchev–Trinajstić information content (AvgIpc) is 2.30. The van der Waals surface area contributed by atoms with Gasteiger partial charge in [-0.2, -0.15) is 0 Å². The van der Waals surface area contributed by atoms with Crippen LogP contribution >= 0.6 is 0 Å². The minimum Gasteiger partial charge on any atom is -0.392 e. The Bertz CT molecular complexity index is 176. The summed E-state index contributed by atoms with van der Waals surface area (Å²) < 4.78 is 0. The smallest absolute Gasteiger partial charge is 0.0687 e. The molecule has 0 saturated heterocycles. The Morgan fingerprint density at radius 3 is 2.31 bits per heavy atom. The van der Waals surface area contributed by atoms with E-state index in [9.17, 15) is 5.11 Å². The molecule has 0 bridgehead atoms. The van der Waals surface area contributed by atoms with Crippen LogP contribution in [-0.4, -0.2) is 23.8 Å². The third-order valence-corrected chi connectivity index (χ3v) is 4.02. The molecule has 1 aliphatic carbocycles. The summed E-state index contributed by atoms with van der Waals surface area (Å²) in [6.45, 7) is 7.17. The number of hydrogen-bond donors (Lipinski definition) is 2. The number of aliphatic hydroxyl groups excluding tert-OH is 1. The summed E-state index contributed by atoms with van der Waals surface area (Å²) in [5, 5.41) is 13.4. The first-order valence-corrected chi connectivity index (χ1v) is 7.06. The molecule has 2 heteroatoms. The minimum absolute atomic E-state index is 0.197. The van der Waals surface area contributed by atoms with E-state index in [1.807, 2.05) is 0 Å². The lowest BCUT2D eigenvalue weighted by Crippen LogP contribution is -2.42. The number of aliphatic hydroxyl groups is 1. The van der Waals surface area contributed by atoms with Crippen molar-refractivity contribution in [1.82, 2.24) is 5.32 Å². The maximum atomic E-state index is 9.81. The van der Waals surface area contributed by atoms with Gasteiger partial charge in [0.2, 0.25) is 0 Å². The molecule has 0 heterocycles. The molecule has 0 radical (unpaired) electrons. The minimum atomic E-state index is -0.197. The van der Waals surface area contributed by atoms with Crippen LogP contribution in [0.15, 0.2) is 0 Å². The maximum absolute atomic E-state index is 9.81. The summed E-state index contributed by atoms with van der Waals surface area (Å²) >= 11 is 0. The van der Waals surface area contributed by atoms with Crippen molar-refractivity contribution >= 4 is 0 Å². The van der Waals surface area contributed by atoms with Crippen molar-refractivity contribution in [2.45, 2.75) is 71.4 Å². The van der Waals surface area contributed by atoms with Gasteiger partial charge in [0, 0.05) is 12.6 Å². The zero-order valence-corrected chi connectivity index (χ0v) is 11.2. The fourth-order valence-corrected chi connectivity index (χ4v) is 2.69. The molecular formula is C14H29NO. The Balaban J connectivity index is 2.30. The first-order valence-electron chi connectivity index (χ1n) is 7.06. The summed E-state index contributed by atoms with van der Waals surface area (Å²) in [5.74, 6) is 1.20. The summed E-state index contributed by atoms with van der Waals surface area (Å²) in [7, 11) is 0. The first-order chi connectivity index (χ1) is 7.65. The molecule has 2 N–H and O–H groups in total. The number of rotatable bonds is 6. The highest BCUT2D eigenvalue weighted by Crippen LogP contribution is 2.27. The summed E-state index contributed by atoms with van der Waals surface area (Å²) in [5.41, 5.74) is 0. The van der Waals surface area contributed by atoms with Crippen molar-refractivity contribution in [2.75, 3.05) is 6.54 Å². The third-order valence-electron chi connectivity index (χ3n) is 4.02. The van der Waals surface area contributed by atoms with Crippen LogP contribution in [0.1, 0.15) is 59.3 Å². The summed E-state index contributed by atoms with van der Waals surface area (Å²) in [6, 6.07) is 0.619. The van der Waals surface area contributed by atoms with E-state index in [1.165, 1.54) is 38.5 Å². The van der Waals surface area contributed by atoms with Gasteiger partial charge in [-0.3, -0.25) is 0 Å². The number of hydrogen-bond acceptors (Lipinski definition) is 2. The fourth-order valence-electron chi connectivity index (χ4n) is 2.69. The molecule has 16 heavy (non-hydrogen) atoms. The second-order valence-electron chi connectivity index (χ2n) is 5.63. The Kier molecular flexibility index (Phi) is 6.37. The van der Waals surface area contributed by atoms with Crippen LogP contribution in [0.4, 0.5) is 0 Å². The molecule has 2 atom stereocenters. The van der Waals surface area contributed by atoms with Gasteiger partial charge >= 0.3 is 0 Å². The molecule has 96 valence electrons. The average molecular weight is 227 g/mol. The van der Waals surface area contributed by atoms with Gasteiger partial charge in [0.25, 0.3) is 0 Å². The van der Waals surface area contributed by atoms with Crippen molar-refractivity contribution in [3.8, 4) is 0 Å². The lowest BCUT2D eigenvalue weighted by atomic mass is 9.83. The van der Waals surface area contributed by atoms with Crippen molar-refractivity contribution in [2.24, 2.45) is 11.8 Å². The predicted octanol–water partition coefficient (Wildman–Crippen LogP) is 2.95. The Morgan fingerprint density at radius 2 is 1.81 bits per heavy atom. The SMILES string of the molecule is CCC(NCC(O)C(C)C)C1CCCCC1. The molecule has 2 nitrogen and oxygen atoms in total. The summed E-state index contributed by atoms with van der Waals surface area (Å²) in [4.78, 5) is 0. The molecule has 1 rings (SSSR count). The molecule has 0 aromatic rings. The highest BCUT2D eigenvalue weighted by molar-refractivity contribution is 4.79. The molecule has 0 aromatic carbocycles. The van der Waals surface area contributed by atoms with E-state index in [0.717, 1.165) is 12.5 Å². The highest BCUT2D eigenvalue weighted by atomic mass is 16.3. The van der Waals surface area contributed by atoms with E-state index in [1.54, 1.807) is 0 Å². The van der Waals surface area contributed by atoms with Gasteiger partial charge in [-0.1, -0.05) is 40.0 Å². The first kappa shape index (κ1) is 14.0. The monoisotopic (exact) mass is 227 g/mol. The highest BCUT2D eigenvalue weighted by Gasteiger charge is 2.22. The fraction of sp³-hybridized carbons (Fsp3) is 1.00. The maximum Gasteiger partial charge on any atom is 0.0687 e. The van der Waals surface area contributed by atoms with Gasteiger partial charge in [-0.15, -0.1) is 0 Å². The van der Waals surface area contributed by atoms with Gasteiger partial charge in [-0.05, 0) is 31.1 Å². The molecule has 1 saturated carbocycles. The van der Waals surface area contributed by atoms with Crippen molar-refractivity contribution in [1.29, 1.82) is 0 Å². The Morgan fingerprint density at radius 1 is 1.19 bits per heavy atom.